The maximum Gasteiger partial charge on any atom is 0.326 e. The maximum atomic E-state index is 15.0. The topological polar surface area (TPSA) is 178 Å². The molecule has 3 aromatic rings. The van der Waals surface area contributed by atoms with Crippen LogP contribution in [0.5, 0.6) is 0 Å². The molecule has 14 heteroatoms. The summed E-state index contributed by atoms with van der Waals surface area (Å²) in [7, 11) is 0. The number of hydrogen-bond acceptors (Lipinski definition) is 6. The molecule has 5 N–H and O–H groups in total. The number of carboxylic acid groups (broad SMARTS) is 2. The zero-order valence-electron chi connectivity index (χ0n) is 29.2. The molecule has 276 valence electrons. The number of rotatable bonds is 18. The summed E-state index contributed by atoms with van der Waals surface area (Å²) in [6, 6.07) is 12.3. The molecule has 3 amide bonds. The fourth-order valence-corrected chi connectivity index (χ4v) is 5.83. The number of carboxylic acids is 2. The summed E-state index contributed by atoms with van der Waals surface area (Å²) in [6.07, 6.45) is 0.888. The van der Waals surface area contributed by atoms with Crippen LogP contribution in [0.2, 0.25) is 0 Å². The Kier molecular flexibility index (Phi) is 14.4. The second-order valence-electron chi connectivity index (χ2n) is 13.5. The lowest BCUT2D eigenvalue weighted by atomic mass is 9.82. The molecule has 51 heavy (non-hydrogen) atoms. The molecular weight excluding hydrogens is 666 g/mol. The molecule has 12 nitrogen and oxygen atoms in total. The van der Waals surface area contributed by atoms with Crippen molar-refractivity contribution in [2.75, 3.05) is 19.7 Å². The first-order chi connectivity index (χ1) is 24.0. The Morgan fingerprint density at radius 1 is 0.941 bits per heavy atom. The molecule has 0 bridgehead atoms. The number of amides is 3. The van der Waals surface area contributed by atoms with Gasteiger partial charge >= 0.3 is 11.9 Å². The number of aliphatic hydroxyl groups is 1. The first-order valence-electron chi connectivity index (χ1n) is 16.6. The lowest BCUT2D eigenvalue weighted by Crippen LogP contribution is -2.45. The smallest absolute Gasteiger partial charge is 0.326 e. The van der Waals surface area contributed by atoms with Crippen LogP contribution in [-0.2, 0) is 30.5 Å². The zero-order valence-corrected chi connectivity index (χ0v) is 29.2. The minimum absolute atomic E-state index is 0.0421. The van der Waals surface area contributed by atoms with Gasteiger partial charge in [0.15, 0.2) is 0 Å². The highest BCUT2D eigenvalue weighted by Crippen LogP contribution is 2.41. The Labute approximate surface area is 295 Å². The molecule has 2 aromatic carbocycles. The molecular formula is C37H46F2N4O8. The first kappa shape index (κ1) is 40.3. The number of benzene rings is 2. The molecule has 0 aliphatic carbocycles. The van der Waals surface area contributed by atoms with Crippen molar-refractivity contribution in [2.24, 2.45) is 11.3 Å². The summed E-state index contributed by atoms with van der Waals surface area (Å²) in [4.78, 5) is 62.3. The summed E-state index contributed by atoms with van der Waals surface area (Å²) in [5.41, 5.74) is 1.33. The molecule has 1 heterocycles. The predicted molar refractivity (Wildman–Crippen MR) is 184 cm³/mol. The van der Waals surface area contributed by atoms with E-state index in [1.54, 1.807) is 19.2 Å². The van der Waals surface area contributed by atoms with Gasteiger partial charge in [-0.1, -0.05) is 58.0 Å². The summed E-state index contributed by atoms with van der Waals surface area (Å²) < 4.78 is 31.1. The summed E-state index contributed by atoms with van der Waals surface area (Å²) in [5, 5.41) is 33.0. The second-order valence-corrected chi connectivity index (χ2v) is 13.5. The summed E-state index contributed by atoms with van der Waals surface area (Å²) in [5.74, 6) is -6.15. The van der Waals surface area contributed by atoms with E-state index in [1.807, 2.05) is 55.7 Å². The Balaban J connectivity index is 1.82. The van der Waals surface area contributed by atoms with Crippen LogP contribution in [0.15, 0.2) is 60.8 Å². The monoisotopic (exact) mass is 712 g/mol. The highest BCUT2D eigenvalue weighted by molar-refractivity contribution is 5.85. The quantitative estimate of drug-likeness (QED) is 0.129. The Morgan fingerprint density at radius 2 is 1.63 bits per heavy atom. The molecule has 0 saturated heterocycles. The van der Waals surface area contributed by atoms with Crippen molar-refractivity contribution in [3.63, 3.8) is 0 Å². The number of nitrogens with zero attached hydrogens (tertiary/aromatic N) is 2. The van der Waals surface area contributed by atoms with Crippen LogP contribution in [-0.4, -0.2) is 80.2 Å². The summed E-state index contributed by atoms with van der Waals surface area (Å²) in [6.45, 7) is 6.84. The third kappa shape index (κ3) is 11.7. The first-order valence-corrected chi connectivity index (χ1v) is 16.6. The van der Waals surface area contributed by atoms with Crippen LogP contribution >= 0.6 is 0 Å². The van der Waals surface area contributed by atoms with Crippen LogP contribution in [0.4, 0.5) is 8.78 Å². The highest BCUT2D eigenvalue weighted by Gasteiger charge is 2.37. The second kappa shape index (κ2) is 18.2. The third-order valence-electron chi connectivity index (χ3n) is 8.41. The number of halogens is 2. The summed E-state index contributed by atoms with van der Waals surface area (Å²) >= 11 is 0. The molecule has 0 saturated carbocycles. The van der Waals surface area contributed by atoms with Gasteiger partial charge in [-0.2, -0.15) is 0 Å². The highest BCUT2D eigenvalue weighted by atomic mass is 19.1. The average Bonchev–Trinajstić information content (AvgIpc) is 3.47. The van der Waals surface area contributed by atoms with E-state index in [0.717, 1.165) is 23.8 Å². The van der Waals surface area contributed by atoms with Crippen molar-refractivity contribution >= 4 is 29.7 Å². The van der Waals surface area contributed by atoms with Crippen LogP contribution in [0, 0.1) is 23.0 Å². The van der Waals surface area contributed by atoms with Gasteiger partial charge in [0.25, 0.3) is 0 Å². The van der Waals surface area contributed by atoms with Gasteiger partial charge in [0.05, 0.1) is 6.04 Å². The Morgan fingerprint density at radius 3 is 2.24 bits per heavy atom. The lowest BCUT2D eigenvalue weighted by Gasteiger charge is -2.41. The van der Waals surface area contributed by atoms with E-state index < -0.39 is 77.7 Å². The van der Waals surface area contributed by atoms with E-state index in [9.17, 15) is 43.0 Å². The molecule has 0 aliphatic heterocycles. The van der Waals surface area contributed by atoms with Crippen LogP contribution in [0.1, 0.15) is 70.7 Å². The van der Waals surface area contributed by atoms with E-state index in [-0.39, 0.29) is 37.9 Å². The molecule has 0 radical (unpaired) electrons. The van der Waals surface area contributed by atoms with Gasteiger partial charge < -0.3 is 35.4 Å². The van der Waals surface area contributed by atoms with Gasteiger partial charge in [-0.3, -0.25) is 19.2 Å². The number of nitrogens with one attached hydrogen (secondary N) is 2. The van der Waals surface area contributed by atoms with Gasteiger partial charge in [0.2, 0.25) is 17.7 Å². The van der Waals surface area contributed by atoms with Crippen molar-refractivity contribution in [1.29, 1.82) is 0 Å². The van der Waals surface area contributed by atoms with Crippen molar-refractivity contribution in [2.45, 2.75) is 72.0 Å². The van der Waals surface area contributed by atoms with Gasteiger partial charge in [-0.15, -0.1) is 0 Å². The number of hydrogen-bond donors (Lipinski definition) is 5. The van der Waals surface area contributed by atoms with E-state index in [4.69, 9.17) is 5.11 Å². The maximum absolute atomic E-state index is 15.0. The van der Waals surface area contributed by atoms with Gasteiger partial charge in [-0.25, -0.2) is 13.6 Å². The number of carbonyl (C=O) groups is 5. The van der Waals surface area contributed by atoms with Crippen LogP contribution < -0.4 is 10.6 Å². The van der Waals surface area contributed by atoms with Crippen LogP contribution in [0.25, 0.3) is 11.1 Å². The molecule has 0 fully saturated rings. The Hall–Kier alpha value is -5.11. The minimum atomic E-state index is -1.38. The third-order valence-corrected chi connectivity index (χ3v) is 8.41. The SMILES string of the molecule is C[C@@H](CCN(C(=O)CO)[C@@H](c1cc(-c2cc(F)ccc2F)cn1Cc1ccccc1)C(C)(C)C)C(=O)NCCC(=O)N[C@H](CCC(=O)O)C(=O)O. The van der Waals surface area contributed by atoms with Crippen molar-refractivity contribution in [3.05, 3.63) is 83.7 Å². The standard InChI is InChI=1S/C37H46F2N4O8/c1-23(35(49)40-16-14-31(45)41-29(36(50)51)12-13-33(47)48)15-17-43(32(46)22-44)34(37(2,3)4)30-18-25(27-19-26(38)10-11-28(27)39)21-42(30)20-24-8-6-5-7-9-24/h5-11,18-19,21,23,29,34,44H,12-17,20,22H2,1-4H3,(H,40,49)(H,41,45)(H,47,48)(H,50,51)/t23-,29+,34-/m0/s1. The van der Waals surface area contributed by atoms with Crippen molar-refractivity contribution in [3.8, 4) is 11.1 Å². The largest absolute Gasteiger partial charge is 0.481 e. The number of carbonyl (C=O) groups excluding carboxylic acids is 3. The number of aliphatic hydroxyl groups excluding tert-OH is 1. The van der Waals surface area contributed by atoms with Crippen molar-refractivity contribution < 1.29 is 48.1 Å². The average molecular weight is 713 g/mol. The number of aromatic nitrogens is 1. The molecule has 0 unspecified atom stereocenters. The van der Waals surface area contributed by atoms with E-state index in [1.165, 1.54) is 4.90 Å². The Bertz CT molecular complexity index is 1690. The predicted octanol–water partition coefficient (Wildman–Crippen LogP) is 4.36. The van der Waals surface area contributed by atoms with Crippen molar-refractivity contribution in [1.82, 2.24) is 20.1 Å². The zero-order chi connectivity index (χ0) is 37.9. The fraction of sp³-hybridized carbons (Fsp3) is 0.432. The van der Waals surface area contributed by atoms with Gasteiger partial charge in [0.1, 0.15) is 24.3 Å². The number of aliphatic carboxylic acids is 2. The lowest BCUT2D eigenvalue weighted by molar-refractivity contribution is -0.143. The minimum Gasteiger partial charge on any atom is -0.481 e. The van der Waals surface area contributed by atoms with E-state index >= 15 is 0 Å². The molecule has 0 spiro atoms. The van der Waals surface area contributed by atoms with E-state index in [0.29, 0.717) is 17.8 Å². The van der Waals surface area contributed by atoms with Gasteiger partial charge in [-0.05, 0) is 48.1 Å². The molecule has 1 aromatic heterocycles. The molecule has 0 aliphatic rings. The normalized spacial score (nSPS) is 13.2. The van der Waals surface area contributed by atoms with Gasteiger partial charge in [0, 0.05) is 61.4 Å². The molecule has 3 atom stereocenters. The fourth-order valence-electron chi connectivity index (χ4n) is 5.83. The van der Waals surface area contributed by atoms with E-state index in [2.05, 4.69) is 10.6 Å². The van der Waals surface area contributed by atoms with Crippen LogP contribution in [0.3, 0.4) is 0 Å². The molecule has 3 rings (SSSR count).